The number of benzene rings is 1. The molecule has 1 fully saturated rings. The standard InChI is InChI=1S/C16H21ClO2/c1-2-16(7-3-4-8-16)15(17)12-5-6-13-14(11-12)19-10-9-18-13/h5-6,11,15H,2-4,7-10H2,1H3. The zero-order valence-corrected chi connectivity index (χ0v) is 12.2. The Morgan fingerprint density at radius 3 is 2.53 bits per heavy atom. The number of halogens is 1. The van der Waals surface area contributed by atoms with E-state index in [2.05, 4.69) is 19.1 Å². The van der Waals surface area contributed by atoms with Crippen LogP contribution in [0.25, 0.3) is 0 Å². The molecular formula is C16H21ClO2. The first-order chi connectivity index (χ1) is 9.25. The fourth-order valence-electron chi connectivity index (χ4n) is 3.44. The second-order valence-corrected chi connectivity index (χ2v) is 6.13. The van der Waals surface area contributed by atoms with Crippen molar-refractivity contribution < 1.29 is 9.47 Å². The van der Waals surface area contributed by atoms with E-state index in [4.69, 9.17) is 21.1 Å². The number of alkyl halides is 1. The molecule has 0 radical (unpaired) electrons. The maximum atomic E-state index is 6.82. The van der Waals surface area contributed by atoms with E-state index in [0.717, 1.165) is 17.9 Å². The molecule has 0 amide bonds. The first-order valence-corrected chi connectivity index (χ1v) is 7.72. The molecule has 0 spiro atoms. The molecule has 1 atom stereocenters. The first kappa shape index (κ1) is 13.1. The molecule has 1 aromatic rings. The number of rotatable bonds is 3. The van der Waals surface area contributed by atoms with Gasteiger partial charge in [-0.15, -0.1) is 11.6 Å². The van der Waals surface area contributed by atoms with Crippen molar-refractivity contribution in [1.29, 1.82) is 0 Å². The molecule has 1 aromatic carbocycles. The average molecular weight is 281 g/mol. The van der Waals surface area contributed by atoms with Gasteiger partial charge in [-0.05, 0) is 42.4 Å². The third kappa shape index (κ3) is 2.31. The fraction of sp³-hybridized carbons (Fsp3) is 0.625. The molecule has 1 aliphatic heterocycles. The van der Waals surface area contributed by atoms with Crippen molar-refractivity contribution >= 4 is 11.6 Å². The van der Waals surface area contributed by atoms with Crippen LogP contribution in [0, 0.1) is 5.41 Å². The SMILES string of the molecule is CCC1(C(Cl)c2ccc3c(c2)OCCO3)CCCC1. The largest absolute Gasteiger partial charge is 0.486 e. The highest BCUT2D eigenvalue weighted by molar-refractivity contribution is 6.21. The first-order valence-electron chi connectivity index (χ1n) is 7.29. The maximum absolute atomic E-state index is 6.82. The van der Waals surface area contributed by atoms with Crippen molar-refractivity contribution in [3.05, 3.63) is 23.8 Å². The van der Waals surface area contributed by atoms with Gasteiger partial charge in [0.05, 0.1) is 5.38 Å². The van der Waals surface area contributed by atoms with Gasteiger partial charge >= 0.3 is 0 Å². The quantitative estimate of drug-likeness (QED) is 0.747. The van der Waals surface area contributed by atoms with Crippen molar-refractivity contribution in [1.82, 2.24) is 0 Å². The van der Waals surface area contributed by atoms with Crippen molar-refractivity contribution in [3.8, 4) is 11.5 Å². The van der Waals surface area contributed by atoms with Crippen LogP contribution in [0.1, 0.15) is 50.0 Å². The second kappa shape index (κ2) is 5.24. The van der Waals surface area contributed by atoms with Gasteiger partial charge in [-0.2, -0.15) is 0 Å². The van der Waals surface area contributed by atoms with Crippen molar-refractivity contribution in [2.45, 2.75) is 44.4 Å². The zero-order chi connectivity index (χ0) is 13.3. The van der Waals surface area contributed by atoms with E-state index in [1.807, 2.05) is 6.07 Å². The number of fused-ring (bicyclic) bond motifs is 1. The van der Waals surface area contributed by atoms with Crippen LogP contribution in [-0.2, 0) is 0 Å². The molecule has 0 N–H and O–H groups in total. The third-order valence-corrected chi connectivity index (χ3v) is 5.41. The summed E-state index contributed by atoms with van der Waals surface area (Å²) in [6.45, 7) is 3.52. The Labute approximate surface area is 120 Å². The van der Waals surface area contributed by atoms with E-state index < -0.39 is 0 Å². The fourth-order valence-corrected chi connectivity index (χ4v) is 3.94. The minimum Gasteiger partial charge on any atom is -0.486 e. The Kier molecular flexibility index (Phi) is 3.62. The number of ether oxygens (including phenoxy) is 2. The molecule has 2 nitrogen and oxygen atoms in total. The summed E-state index contributed by atoms with van der Waals surface area (Å²) in [4.78, 5) is 0. The van der Waals surface area contributed by atoms with Gasteiger partial charge in [0, 0.05) is 0 Å². The second-order valence-electron chi connectivity index (χ2n) is 5.69. The third-order valence-electron chi connectivity index (χ3n) is 4.70. The van der Waals surface area contributed by atoms with E-state index in [1.54, 1.807) is 0 Å². The van der Waals surface area contributed by atoms with Gasteiger partial charge < -0.3 is 9.47 Å². The average Bonchev–Trinajstić information content (AvgIpc) is 2.96. The topological polar surface area (TPSA) is 18.5 Å². The van der Waals surface area contributed by atoms with Crippen LogP contribution < -0.4 is 9.47 Å². The summed E-state index contributed by atoms with van der Waals surface area (Å²) in [6.07, 6.45) is 6.25. The molecule has 1 saturated carbocycles. The van der Waals surface area contributed by atoms with Crippen LogP contribution in [-0.4, -0.2) is 13.2 Å². The van der Waals surface area contributed by atoms with E-state index in [9.17, 15) is 0 Å². The number of hydrogen-bond acceptors (Lipinski definition) is 2. The van der Waals surface area contributed by atoms with E-state index in [0.29, 0.717) is 13.2 Å². The lowest BCUT2D eigenvalue weighted by Crippen LogP contribution is -2.22. The summed E-state index contributed by atoms with van der Waals surface area (Å²) in [5, 5.41) is 0.0795. The Bertz CT molecular complexity index is 452. The van der Waals surface area contributed by atoms with Crippen molar-refractivity contribution in [2.75, 3.05) is 13.2 Å². The van der Waals surface area contributed by atoms with E-state index in [1.165, 1.54) is 31.2 Å². The van der Waals surface area contributed by atoms with Gasteiger partial charge in [0.2, 0.25) is 0 Å². The van der Waals surface area contributed by atoms with Gasteiger partial charge in [-0.1, -0.05) is 25.8 Å². The molecular weight excluding hydrogens is 260 g/mol. The smallest absolute Gasteiger partial charge is 0.161 e. The van der Waals surface area contributed by atoms with Gasteiger partial charge in [-0.3, -0.25) is 0 Å². The molecule has 0 saturated heterocycles. The Hall–Kier alpha value is -0.890. The molecule has 3 rings (SSSR count). The molecule has 3 heteroatoms. The normalized spacial score (nSPS) is 22.2. The van der Waals surface area contributed by atoms with Crippen LogP contribution in [0.15, 0.2) is 18.2 Å². The zero-order valence-electron chi connectivity index (χ0n) is 11.5. The van der Waals surface area contributed by atoms with E-state index in [-0.39, 0.29) is 10.8 Å². The van der Waals surface area contributed by atoms with Crippen LogP contribution in [0.4, 0.5) is 0 Å². The minimum absolute atomic E-state index is 0.0795. The summed E-state index contributed by atoms with van der Waals surface area (Å²) < 4.78 is 11.2. The molecule has 2 aliphatic rings. The van der Waals surface area contributed by atoms with Crippen LogP contribution in [0.2, 0.25) is 0 Å². The predicted octanol–water partition coefficient (Wildman–Crippen LogP) is 4.71. The molecule has 19 heavy (non-hydrogen) atoms. The lowest BCUT2D eigenvalue weighted by atomic mass is 9.77. The Morgan fingerprint density at radius 1 is 1.16 bits per heavy atom. The molecule has 0 bridgehead atoms. The van der Waals surface area contributed by atoms with Gasteiger partial charge in [0.1, 0.15) is 13.2 Å². The Balaban J connectivity index is 1.88. The predicted molar refractivity (Wildman–Crippen MR) is 77.2 cm³/mol. The lowest BCUT2D eigenvalue weighted by Gasteiger charge is -2.33. The van der Waals surface area contributed by atoms with Gasteiger partial charge in [0.25, 0.3) is 0 Å². The van der Waals surface area contributed by atoms with Crippen LogP contribution in [0.5, 0.6) is 11.5 Å². The maximum Gasteiger partial charge on any atom is 0.161 e. The molecule has 0 aromatic heterocycles. The van der Waals surface area contributed by atoms with Gasteiger partial charge in [-0.25, -0.2) is 0 Å². The van der Waals surface area contributed by atoms with Crippen molar-refractivity contribution in [2.24, 2.45) is 5.41 Å². The summed E-state index contributed by atoms with van der Waals surface area (Å²) in [5.41, 5.74) is 1.44. The highest BCUT2D eigenvalue weighted by Gasteiger charge is 2.39. The minimum atomic E-state index is 0.0795. The highest BCUT2D eigenvalue weighted by atomic mass is 35.5. The molecule has 104 valence electrons. The lowest BCUT2D eigenvalue weighted by molar-refractivity contribution is 0.171. The summed E-state index contributed by atoms with van der Waals surface area (Å²) in [7, 11) is 0. The molecule has 1 heterocycles. The summed E-state index contributed by atoms with van der Waals surface area (Å²) in [5.74, 6) is 1.69. The highest BCUT2D eigenvalue weighted by Crippen LogP contribution is 2.53. The van der Waals surface area contributed by atoms with Gasteiger partial charge in [0.15, 0.2) is 11.5 Å². The van der Waals surface area contributed by atoms with Crippen LogP contribution in [0.3, 0.4) is 0 Å². The summed E-state index contributed by atoms with van der Waals surface area (Å²) in [6, 6.07) is 6.17. The van der Waals surface area contributed by atoms with Crippen LogP contribution >= 0.6 is 11.6 Å². The Morgan fingerprint density at radius 2 is 1.84 bits per heavy atom. The monoisotopic (exact) mass is 280 g/mol. The molecule has 1 unspecified atom stereocenters. The van der Waals surface area contributed by atoms with Crippen molar-refractivity contribution in [3.63, 3.8) is 0 Å². The molecule has 1 aliphatic carbocycles. The number of hydrogen-bond donors (Lipinski definition) is 0. The van der Waals surface area contributed by atoms with E-state index >= 15 is 0 Å². The summed E-state index contributed by atoms with van der Waals surface area (Å²) >= 11 is 6.82.